The molecular formula is C11H20N4. The van der Waals surface area contributed by atoms with Crippen LogP contribution in [0.3, 0.4) is 0 Å². The molecule has 0 spiro atoms. The Morgan fingerprint density at radius 3 is 3.00 bits per heavy atom. The van der Waals surface area contributed by atoms with Crippen molar-refractivity contribution >= 4 is 0 Å². The van der Waals surface area contributed by atoms with E-state index < -0.39 is 0 Å². The summed E-state index contributed by atoms with van der Waals surface area (Å²) in [5.41, 5.74) is 0. The first kappa shape index (κ1) is 10.6. The Morgan fingerprint density at radius 1 is 1.33 bits per heavy atom. The van der Waals surface area contributed by atoms with E-state index in [1.807, 2.05) is 0 Å². The molecule has 1 aromatic rings. The van der Waals surface area contributed by atoms with E-state index in [4.69, 9.17) is 0 Å². The molecule has 0 bridgehead atoms. The Bertz CT molecular complexity index is 316. The number of hydrogen-bond acceptors (Lipinski definition) is 3. The summed E-state index contributed by atoms with van der Waals surface area (Å²) in [4.78, 5) is 0. The molecular weight excluding hydrogens is 188 g/mol. The highest BCUT2D eigenvalue weighted by Crippen LogP contribution is 2.13. The fraction of sp³-hybridized carbons (Fsp3) is 0.818. The van der Waals surface area contributed by atoms with Gasteiger partial charge in [0.25, 0.3) is 0 Å². The molecule has 2 rings (SSSR count). The number of rotatable bonds is 4. The second-order valence-electron chi connectivity index (χ2n) is 4.67. The van der Waals surface area contributed by atoms with Gasteiger partial charge >= 0.3 is 0 Å². The molecule has 0 aliphatic carbocycles. The van der Waals surface area contributed by atoms with E-state index in [2.05, 4.69) is 33.9 Å². The van der Waals surface area contributed by atoms with E-state index in [1.54, 1.807) is 0 Å². The second kappa shape index (κ2) is 4.75. The SMILES string of the molecule is CC(C)CNCc1nnc2n1CCCC2. The summed E-state index contributed by atoms with van der Waals surface area (Å²) >= 11 is 0. The third-order valence-corrected chi connectivity index (χ3v) is 2.77. The maximum absolute atomic E-state index is 4.25. The van der Waals surface area contributed by atoms with Gasteiger partial charge in [0.05, 0.1) is 6.54 Å². The second-order valence-corrected chi connectivity index (χ2v) is 4.67. The lowest BCUT2D eigenvalue weighted by molar-refractivity contribution is 0.485. The highest BCUT2D eigenvalue weighted by Gasteiger charge is 2.14. The molecule has 1 N–H and O–H groups in total. The van der Waals surface area contributed by atoms with E-state index in [9.17, 15) is 0 Å². The summed E-state index contributed by atoms with van der Waals surface area (Å²) in [6, 6.07) is 0. The normalized spacial score (nSPS) is 15.7. The fourth-order valence-electron chi connectivity index (χ4n) is 1.97. The van der Waals surface area contributed by atoms with Crippen LogP contribution in [-0.2, 0) is 19.5 Å². The van der Waals surface area contributed by atoms with Gasteiger partial charge in [0, 0.05) is 13.0 Å². The minimum Gasteiger partial charge on any atom is -0.314 e. The fourth-order valence-corrected chi connectivity index (χ4v) is 1.97. The van der Waals surface area contributed by atoms with Gasteiger partial charge < -0.3 is 9.88 Å². The predicted octanol–water partition coefficient (Wildman–Crippen LogP) is 1.36. The molecule has 1 aromatic heterocycles. The van der Waals surface area contributed by atoms with Crippen molar-refractivity contribution in [2.75, 3.05) is 6.54 Å². The summed E-state index contributed by atoms with van der Waals surface area (Å²) in [5, 5.41) is 11.9. The third kappa shape index (κ3) is 2.56. The average molecular weight is 208 g/mol. The van der Waals surface area contributed by atoms with Crippen LogP contribution in [-0.4, -0.2) is 21.3 Å². The van der Waals surface area contributed by atoms with Crippen LogP contribution in [0, 0.1) is 5.92 Å². The molecule has 0 fully saturated rings. The van der Waals surface area contributed by atoms with Gasteiger partial charge in [0.1, 0.15) is 11.6 Å². The molecule has 0 amide bonds. The van der Waals surface area contributed by atoms with Gasteiger partial charge in [-0.1, -0.05) is 13.8 Å². The molecule has 15 heavy (non-hydrogen) atoms. The Morgan fingerprint density at radius 2 is 2.20 bits per heavy atom. The number of nitrogens with one attached hydrogen (secondary N) is 1. The van der Waals surface area contributed by atoms with Gasteiger partial charge in [0.15, 0.2) is 0 Å². The van der Waals surface area contributed by atoms with Gasteiger partial charge in [-0.2, -0.15) is 0 Å². The van der Waals surface area contributed by atoms with Crippen LogP contribution in [0.2, 0.25) is 0 Å². The molecule has 4 nitrogen and oxygen atoms in total. The Labute approximate surface area is 91.1 Å². The number of nitrogens with zero attached hydrogens (tertiary/aromatic N) is 3. The first-order valence-corrected chi connectivity index (χ1v) is 5.89. The molecule has 0 saturated carbocycles. The monoisotopic (exact) mass is 208 g/mol. The summed E-state index contributed by atoms with van der Waals surface area (Å²) in [5.74, 6) is 2.96. The molecule has 0 unspecified atom stereocenters. The van der Waals surface area contributed by atoms with Crippen LogP contribution >= 0.6 is 0 Å². The smallest absolute Gasteiger partial charge is 0.147 e. The lowest BCUT2D eigenvalue weighted by Gasteiger charge is -2.15. The van der Waals surface area contributed by atoms with Gasteiger partial charge in [-0.25, -0.2) is 0 Å². The van der Waals surface area contributed by atoms with Crippen LogP contribution in [0.4, 0.5) is 0 Å². The first-order chi connectivity index (χ1) is 7.27. The lowest BCUT2D eigenvalue weighted by atomic mass is 10.1. The molecule has 1 aliphatic rings. The van der Waals surface area contributed by atoms with Crippen molar-refractivity contribution in [1.29, 1.82) is 0 Å². The first-order valence-electron chi connectivity index (χ1n) is 5.89. The predicted molar refractivity (Wildman–Crippen MR) is 59.5 cm³/mol. The maximum atomic E-state index is 4.25. The third-order valence-electron chi connectivity index (χ3n) is 2.77. The van der Waals surface area contributed by atoms with Crippen molar-refractivity contribution in [1.82, 2.24) is 20.1 Å². The van der Waals surface area contributed by atoms with E-state index in [0.717, 1.165) is 31.9 Å². The quantitative estimate of drug-likeness (QED) is 0.812. The van der Waals surface area contributed by atoms with Crippen LogP contribution in [0.15, 0.2) is 0 Å². The number of fused-ring (bicyclic) bond motifs is 1. The van der Waals surface area contributed by atoms with Crippen molar-refractivity contribution in [3.63, 3.8) is 0 Å². The van der Waals surface area contributed by atoms with Gasteiger partial charge in [-0.3, -0.25) is 0 Å². The van der Waals surface area contributed by atoms with Crippen molar-refractivity contribution in [3.8, 4) is 0 Å². The molecule has 4 heteroatoms. The Hall–Kier alpha value is -0.900. The zero-order valence-electron chi connectivity index (χ0n) is 9.66. The Balaban J connectivity index is 1.94. The Kier molecular flexibility index (Phi) is 3.36. The highest BCUT2D eigenvalue weighted by atomic mass is 15.3. The summed E-state index contributed by atoms with van der Waals surface area (Å²) in [6.45, 7) is 7.42. The molecule has 1 aliphatic heterocycles. The molecule has 2 heterocycles. The van der Waals surface area contributed by atoms with E-state index >= 15 is 0 Å². The van der Waals surface area contributed by atoms with E-state index in [0.29, 0.717) is 5.92 Å². The maximum Gasteiger partial charge on any atom is 0.147 e. The number of aryl methyl sites for hydroxylation is 1. The van der Waals surface area contributed by atoms with Crippen LogP contribution in [0.1, 0.15) is 38.3 Å². The standard InChI is InChI=1S/C11H20N4/c1-9(2)7-12-8-11-14-13-10-5-3-4-6-15(10)11/h9,12H,3-8H2,1-2H3. The number of aromatic nitrogens is 3. The topological polar surface area (TPSA) is 42.7 Å². The van der Waals surface area contributed by atoms with Crippen molar-refractivity contribution in [2.24, 2.45) is 5.92 Å². The van der Waals surface area contributed by atoms with Crippen LogP contribution in [0.25, 0.3) is 0 Å². The minimum absolute atomic E-state index is 0.689. The van der Waals surface area contributed by atoms with Gasteiger partial charge in [0.2, 0.25) is 0 Å². The number of hydrogen-bond donors (Lipinski definition) is 1. The molecule has 0 atom stereocenters. The van der Waals surface area contributed by atoms with Gasteiger partial charge in [-0.15, -0.1) is 10.2 Å². The zero-order chi connectivity index (χ0) is 10.7. The van der Waals surface area contributed by atoms with Crippen LogP contribution < -0.4 is 5.32 Å². The summed E-state index contributed by atoms with van der Waals surface area (Å²) in [7, 11) is 0. The molecule has 0 radical (unpaired) electrons. The minimum atomic E-state index is 0.689. The molecule has 84 valence electrons. The average Bonchev–Trinajstić information content (AvgIpc) is 2.62. The van der Waals surface area contributed by atoms with E-state index in [1.165, 1.54) is 18.7 Å². The summed E-state index contributed by atoms with van der Waals surface area (Å²) in [6.07, 6.45) is 3.62. The summed E-state index contributed by atoms with van der Waals surface area (Å²) < 4.78 is 2.27. The largest absolute Gasteiger partial charge is 0.314 e. The van der Waals surface area contributed by atoms with Crippen molar-refractivity contribution in [2.45, 2.75) is 46.2 Å². The van der Waals surface area contributed by atoms with Crippen molar-refractivity contribution < 1.29 is 0 Å². The molecule has 0 saturated heterocycles. The van der Waals surface area contributed by atoms with Crippen molar-refractivity contribution in [3.05, 3.63) is 11.6 Å². The highest BCUT2D eigenvalue weighted by molar-refractivity contribution is 4.98. The lowest BCUT2D eigenvalue weighted by Crippen LogP contribution is -2.22. The van der Waals surface area contributed by atoms with E-state index in [-0.39, 0.29) is 0 Å². The van der Waals surface area contributed by atoms with Gasteiger partial charge in [-0.05, 0) is 25.3 Å². The zero-order valence-corrected chi connectivity index (χ0v) is 9.66. The molecule has 0 aromatic carbocycles. The van der Waals surface area contributed by atoms with Crippen LogP contribution in [0.5, 0.6) is 0 Å².